The second kappa shape index (κ2) is 3.91. The molecule has 0 aromatic carbocycles. The third kappa shape index (κ3) is 1.64. The first-order chi connectivity index (χ1) is 8.35. The number of rotatable bonds is 2. The molecule has 0 saturated heterocycles. The second-order valence-corrected chi connectivity index (χ2v) is 8.55. The summed E-state index contributed by atoms with van der Waals surface area (Å²) in [6.45, 7) is 10.1. The van der Waals surface area contributed by atoms with E-state index in [1.807, 2.05) is 0 Å². The highest BCUT2D eigenvalue weighted by molar-refractivity contribution is 7.80. The third-order valence-corrected chi connectivity index (χ3v) is 7.05. The van der Waals surface area contributed by atoms with Crippen molar-refractivity contribution < 1.29 is 0 Å². The summed E-state index contributed by atoms with van der Waals surface area (Å²) < 4.78 is 0. The topological polar surface area (TPSA) is 12.0 Å². The van der Waals surface area contributed by atoms with Crippen LogP contribution in [-0.4, -0.2) is 11.4 Å². The van der Waals surface area contributed by atoms with Gasteiger partial charge < -0.3 is 5.32 Å². The lowest BCUT2D eigenvalue weighted by Crippen LogP contribution is -2.58. The summed E-state index contributed by atoms with van der Waals surface area (Å²) in [5.41, 5.74) is 1.50. The minimum atomic E-state index is 0.325. The first-order valence-corrected chi connectivity index (χ1v) is 8.34. The van der Waals surface area contributed by atoms with Crippen LogP contribution in [0, 0.1) is 28.6 Å². The van der Waals surface area contributed by atoms with Crippen LogP contribution in [0.3, 0.4) is 0 Å². The van der Waals surface area contributed by atoms with Gasteiger partial charge in [-0.1, -0.05) is 27.2 Å². The summed E-state index contributed by atoms with van der Waals surface area (Å²) in [6.07, 6.45) is 7.10. The van der Waals surface area contributed by atoms with E-state index in [-0.39, 0.29) is 0 Å². The number of hydrogen-bond donors (Lipinski definition) is 2. The highest BCUT2D eigenvalue weighted by Gasteiger charge is 2.69. The highest BCUT2D eigenvalue weighted by Crippen LogP contribution is 2.74. The highest BCUT2D eigenvalue weighted by atomic mass is 32.1. The van der Waals surface area contributed by atoms with Crippen molar-refractivity contribution in [1.82, 2.24) is 5.32 Å². The summed E-state index contributed by atoms with van der Waals surface area (Å²) in [5, 5.41) is 3.74. The van der Waals surface area contributed by atoms with Gasteiger partial charge in [0.15, 0.2) is 0 Å². The Morgan fingerprint density at radius 2 is 1.83 bits per heavy atom. The van der Waals surface area contributed by atoms with Gasteiger partial charge in [-0.05, 0) is 61.2 Å². The standard InChI is InChI=1S/C16H29NS/c1-14(2)11-6-9-15(3)7-5-8-16(4,17-10-18)13(15)12(11)14/h11-13,17-18H,5-10H2,1-4H3. The molecule has 104 valence electrons. The van der Waals surface area contributed by atoms with Crippen molar-refractivity contribution in [3.05, 3.63) is 0 Å². The Hall–Kier alpha value is 0.310. The molecule has 3 fully saturated rings. The van der Waals surface area contributed by atoms with Gasteiger partial charge in [-0.15, -0.1) is 0 Å². The fourth-order valence-corrected chi connectivity index (χ4v) is 6.28. The molecule has 1 N–H and O–H groups in total. The van der Waals surface area contributed by atoms with E-state index in [9.17, 15) is 0 Å². The molecule has 3 rings (SSSR count). The van der Waals surface area contributed by atoms with Gasteiger partial charge in [-0.25, -0.2) is 0 Å². The van der Waals surface area contributed by atoms with Crippen molar-refractivity contribution in [2.75, 3.05) is 5.88 Å². The number of hydrogen-bond acceptors (Lipinski definition) is 2. The van der Waals surface area contributed by atoms with E-state index >= 15 is 0 Å². The molecule has 18 heavy (non-hydrogen) atoms. The summed E-state index contributed by atoms with van der Waals surface area (Å²) in [7, 11) is 0. The minimum absolute atomic E-state index is 0.325. The van der Waals surface area contributed by atoms with Crippen LogP contribution in [0.4, 0.5) is 0 Å². The van der Waals surface area contributed by atoms with Gasteiger partial charge in [0.1, 0.15) is 0 Å². The summed E-state index contributed by atoms with van der Waals surface area (Å²) in [4.78, 5) is 0. The summed E-state index contributed by atoms with van der Waals surface area (Å²) in [6, 6.07) is 0. The molecule has 0 spiro atoms. The molecule has 0 bridgehead atoms. The van der Waals surface area contributed by atoms with Crippen molar-refractivity contribution in [1.29, 1.82) is 0 Å². The zero-order chi connectivity index (χ0) is 13.2. The minimum Gasteiger partial charge on any atom is -0.303 e. The maximum atomic E-state index is 4.44. The van der Waals surface area contributed by atoms with Crippen LogP contribution in [0.15, 0.2) is 0 Å². The van der Waals surface area contributed by atoms with Gasteiger partial charge >= 0.3 is 0 Å². The monoisotopic (exact) mass is 267 g/mol. The van der Waals surface area contributed by atoms with E-state index in [0.717, 1.165) is 23.6 Å². The molecule has 5 unspecified atom stereocenters. The molecule has 3 aliphatic carbocycles. The van der Waals surface area contributed by atoms with Gasteiger partial charge in [0, 0.05) is 11.4 Å². The first-order valence-electron chi connectivity index (χ1n) is 7.71. The SMILES string of the molecule is CC12CCCC(C)(NCS)C1C1C(CC2)C1(C)C. The first kappa shape index (κ1) is 13.3. The van der Waals surface area contributed by atoms with Crippen LogP contribution < -0.4 is 5.32 Å². The van der Waals surface area contributed by atoms with Crippen molar-refractivity contribution >= 4 is 12.6 Å². The van der Waals surface area contributed by atoms with E-state index in [2.05, 4.69) is 45.6 Å². The number of fused-ring (bicyclic) bond motifs is 3. The molecule has 0 radical (unpaired) electrons. The fourth-order valence-electron chi connectivity index (χ4n) is 5.91. The molecule has 1 nitrogen and oxygen atoms in total. The normalized spacial score (nSPS) is 53.5. The molecule has 0 amide bonds. The van der Waals surface area contributed by atoms with Crippen LogP contribution in [0.1, 0.15) is 59.8 Å². The maximum Gasteiger partial charge on any atom is 0.0391 e. The Labute approximate surface area is 118 Å². The average Bonchev–Trinajstić information content (AvgIpc) is 2.80. The lowest BCUT2D eigenvalue weighted by atomic mass is 9.53. The van der Waals surface area contributed by atoms with Gasteiger partial charge in [-0.2, -0.15) is 12.6 Å². The molecular weight excluding hydrogens is 238 g/mol. The molecular formula is C16H29NS. The summed E-state index contributed by atoms with van der Waals surface area (Å²) >= 11 is 4.44. The molecule has 0 aliphatic heterocycles. The van der Waals surface area contributed by atoms with E-state index < -0.39 is 0 Å². The van der Waals surface area contributed by atoms with Crippen molar-refractivity contribution in [3.63, 3.8) is 0 Å². The Bertz CT molecular complexity index is 349. The van der Waals surface area contributed by atoms with Crippen molar-refractivity contribution in [3.8, 4) is 0 Å². The van der Waals surface area contributed by atoms with Crippen LogP contribution in [-0.2, 0) is 0 Å². The van der Waals surface area contributed by atoms with E-state index in [1.165, 1.54) is 32.1 Å². The van der Waals surface area contributed by atoms with E-state index in [4.69, 9.17) is 0 Å². The fraction of sp³-hybridized carbons (Fsp3) is 1.00. The van der Waals surface area contributed by atoms with Crippen LogP contribution in [0.2, 0.25) is 0 Å². The van der Waals surface area contributed by atoms with E-state index in [1.54, 1.807) is 0 Å². The molecule has 0 heterocycles. The predicted octanol–water partition coefficient (Wildman–Crippen LogP) is 4.09. The largest absolute Gasteiger partial charge is 0.303 e. The molecule has 3 saturated carbocycles. The van der Waals surface area contributed by atoms with Crippen LogP contribution in [0.25, 0.3) is 0 Å². The lowest BCUT2D eigenvalue weighted by Gasteiger charge is -2.55. The zero-order valence-electron chi connectivity index (χ0n) is 12.4. The second-order valence-electron chi connectivity index (χ2n) is 8.23. The predicted molar refractivity (Wildman–Crippen MR) is 80.8 cm³/mol. The Morgan fingerprint density at radius 3 is 2.50 bits per heavy atom. The van der Waals surface area contributed by atoms with Gasteiger partial charge in [0.05, 0.1) is 0 Å². The molecule has 3 aliphatic rings. The van der Waals surface area contributed by atoms with Gasteiger partial charge in [0.25, 0.3) is 0 Å². The smallest absolute Gasteiger partial charge is 0.0391 e. The number of nitrogens with one attached hydrogen (secondary N) is 1. The quantitative estimate of drug-likeness (QED) is 0.567. The number of thiol groups is 1. The van der Waals surface area contributed by atoms with Gasteiger partial charge in [-0.3, -0.25) is 0 Å². The van der Waals surface area contributed by atoms with Crippen LogP contribution >= 0.6 is 12.6 Å². The Balaban J connectivity index is 1.95. The molecule has 5 atom stereocenters. The zero-order valence-corrected chi connectivity index (χ0v) is 13.3. The molecule has 0 aromatic heterocycles. The molecule has 0 aromatic rings. The maximum absolute atomic E-state index is 4.44. The van der Waals surface area contributed by atoms with Crippen LogP contribution in [0.5, 0.6) is 0 Å². The third-order valence-electron chi connectivity index (χ3n) is 6.89. The van der Waals surface area contributed by atoms with Gasteiger partial charge in [0.2, 0.25) is 0 Å². The van der Waals surface area contributed by atoms with Crippen molar-refractivity contribution in [2.45, 2.75) is 65.3 Å². The van der Waals surface area contributed by atoms with Crippen molar-refractivity contribution in [2.24, 2.45) is 28.6 Å². The van der Waals surface area contributed by atoms with E-state index in [0.29, 0.717) is 16.4 Å². The Morgan fingerprint density at radius 1 is 1.11 bits per heavy atom. The Kier molecular flexibility index (Phi) is 2.89. The summed E-state index contributed by atoms with van der Waals surface area (Å²) in [5.74, 6) is 3.63. The lowest BCUT2D eigenvalue weighted by molar-refractivity contribution is -0.0219. The average molecular weight is 267 g/mol. The molecule has 2 heteroatoms.